The van der Waals surface area contributed by atoms with Crippen molar-refractivity contribution in [3.05, 3.63) is 27.3 Å². The van der Waals surface area contributed by atoms with E-state index in [0.717, 1.165) is 9.13 Å². The number of hydrogen-bond donors (Lipinski definition) is 2. The van der Waals surface area contributed by atoms with Crippen molar-refractivity contribution in [3.8, 4) is 0 Å². The zero-order valence-corrected chi connectivity index (χ0v) is 8.41. The summed E-state index contributed by atoms with van der Waals surface area (Å²) in [7, 11) is 0. The van der Waals surface area contributed by atoms with Crippen LogP contribution in [0, 0.1) is 3.57 Å². The fourth-order valence-electron chi connectivity index (χ4n) is 0.870. The minimum atomic E-state index is -0.822. The predicted molar refractivity (Wildman–Crippen MR) is 54.9 cm³/mol. The summed E-state index contributed by atoms with van der Waals surface area (Å²) < 4.78 is 0.898. The number of benzene rings is 1. The number of nitrogens with two attached hydrogens (primary N) is 1. The van der Waals surface area contributed by atoms with E-state index in [4.69, 9.17) is 10.8 Å². The van der Waals surface area contributed by atoms with Crippen molar-refractivity contribution in [3.63, 3.8) is 0 Å². The molecule has 0 aliphatic carbocycles. The SMILES string of the molecule is Nc1ccc(CC(=O)O)c(I)c1. The summed E-state index contributed by atoms with van der Waals surface area (Å²) in [6.45, 7) is 0. The largest absolute Gasteiger partial charge is 0.481 e. The van der Waals surface area contributed by atoms with Crippen molar-refractivity contribution in [1.82, 2.24) is 0 Å². The molecule has 0 atom stereocenters. The fourth-order valence-corrected chi connectivity index (χ4v) is 1.60. The van der Waals surface area contributed by atoms with Gasteiger partial charge in [-0.3, -0.25) is 4.79 Å². The molecular weight excluding hydrogens is 269 g/mol. The molecule has 1 aromatic carbocycles. The van der Waals surface area contributed by atoms with Gasteiger partial charge in [0.1, 0.15) is 0 Å². The Hall–Kier alpha value is -0.780. The first kappa shape index (κ1) is 9.31. The molecule has 1 aromatic rings. The molecule has 0 aromatic heterocycles. The van der Waals surface area contributed by atoms with E-state index in [1.54, 1.807) is 18.2 Å². The molecule has 12 heavy (non-hydrogen) atoms. The number of carboxylic acids is 1. The Morgan fingerprint density at radius 3 is 2.75 bits per heavy atom. The van der Waals surface area contributed by atoms with Gasteiger partial charge in [-0.25, -0.2) is 0 Å². The molecule has 0 amide bonds. The van der Waals surface area contributed by atoms with Gasteiger partial charge in [0.2, 0.25) is 0 Å². The molecule has 0 bridgehead atoms. The van der Waals surface area contributed by atoms with Crippen LogP contribution in [0.2, 0.25) is 0 Å². The number of rotatable bonds is 2. The normalized spacial score (nSPS) is 9.75. The van der Waals surface area contributed by atoms with Gasteiger partial charge >= 0.3 is 5.97 Å². The number of hydrogen-bond acceptors (Lipinski definition) is 2. The molecule has 4 heteroatoms. The van der Waals surface area contributed by atoms with Crippen LogP contribution in [-0.2, 0) is 11.2 Å². The maximum atomic E-state index is 10.4. The first-order valence-electron chi connectivity index (χ1n) is 3.35. The maximum Gasteiger partial charge on any atom is 0.307 e. The lowest BCUT2D eigenvalue weighted by atomic mass is 10.1. The smallest absolute Gasteiger partial charge is 0.307 e. The number of anilines is 1. The average Bonchev–Trinajstić information content (AvgIpc) is 1.94. The van der Waals surface area contributed by atoms with Gasteiger partial charge in [0, 0.05) is 9.26 Å². The van der Waals surface area contributed by atoms with E-state index in [2.05, 4.69) is 22.6 Å². The molecule has 0 saturated heterocycles. The van der Waals surface area contributed by atoms with Gasteiger partial charge in [0.25, 0.3) is 0 Å². The Balaban J connectivity index is 2.93. The Morgan fingerprint density at radius 1 is 1.58 bits per heavy atom. The third-order valence-electron chi connectivity index (χ3n) is 1.42. The molecule has 64 valence electrons. The number of aliphatic carboxylic acids is 1. The summed E-state index contributed by atoms with van der Waals surface area (Å²) in [5.74, 6) is -0.822. The van der Waals surface area contributed by atoms with Crippen molar-refractivity contribution in [2.24, 2.45) is 0 Å². The van der Waals surface area contributed by atoms with Crippen molar-refractivity contribution in [1.29, 1.82) is 0 Å². The molecular formula is C8H8INO2. The zero-order chi connectivity index (χ0) is 9.14. The van der Waals surface area contributed by atoms with Crippen molar-refractivity contribution < 1.29 is 9.90 Å². The summed E-state index contributed by atoms with van der Waals surface area (Å²) in [5, 5.41) is 8.53. The number of carboxylic acid groups (broad SMARTS) is 1. The van der Waals surface area contributed by atoms with Gasteiger partial charge in [-0.2, -0.15) is 0 Å². The molecule has 0 radical (unpaired) electrons. The topological polar surface area (TPSA) is 63.3 Å². The van der Waals surface area contributed by atoms with Crippen LogP contribution < -0.4 is 5.73 Å². The Bertz CT molecular complexity index is 312. The van der Waals surface area contributed by atoms with E-state index in [9.17, 15) is 4.79 Å². The number of halogens is 1. The summed E-state index contributed by atoms with van der Waals surface area (Å²) in [5.41, 5.74) is 6.97. The first-order valence-corrected chi connectivity index (χ1v) is 4.43. The van der Waals surface area contributed by atoms with Crippen LogP contribution >= 0.6 is 22.6 Å². The zero-order valence-electron chi connectivity index (χ0n) is 6.25. The van der Waals surface area contributed by atoms with E-state index in [1.165, 1.54) is 0 Å². The summed E-state index contributed by atoms with van der Waals surface area (Å²) in [6, 6.07) is 5.21. The maximum absolute atomic E-state index is 10.4. The van der Waals surface area contributed by atoms with Gasteiger partial charge in [-0.05, 0) is 40.3 Å². The lowest BCUT2D eigenvalue weighted by Crippen LogP contribution is -2.02. The summed E-state index contributed by atoms with van der Waals surface area (Å²) in [6.07, 6.45) is 0.0541. The molecule has 0 aliphatic heterocycles. The second kappa shape index (κ2) is 3.75. The van der Waals surface area contributed by atoms with Gasteiger partial charge in [0.05, 0.1) is 6.42 Å². The Labute approximate surface area is 83.7 Å². The van der Waals surface area contributed by atoms with Crippen LogP contribution in [-0.4, -0.2) is 11.1 Å². The third-order valence-corrected chi connectivity index (χ3v) is 2.42. The van der Waals surface area contributed by atoms with E-state index >= 15 is 0 Å². The molecule has 1 rings (SSSR count). The van der Waals surface area contributed by atoms with Gasteiger partial charge in [-0.15, -0.1) is 0 Å². The highest BCUT2D eigenvalue weighted by Gasteiger charge is 2.04. The Kier molecular flexibility index (Phi) is 2.91. The molecule has 0 spiro atoms. The van der Waals surface area contributed by atoms with E-state index in [-0.39, 0.29) is 6.42 Å². The minimum Gasteiger partial charge on any atom is -0.481 e. The van der Waals surface area contributed by atoms with Crippen molar-refractivity contribution >= 4 is 34.2 Å². The molecule has 0 unspecified atom stereocenters. The van der Waals surface area contributed by atoms with Crippen LogP contribution in [0.15, 0.2) is 18.2 Å². The second-order valence-electron chi connectivity index (χ2n) is 2.42. The van der Waals surface area contributed by atoms with Gasteiger partial charge in [0.15, 0.2) is 0 Å². The quantitative estimate of drug-likeness (QED) is 0.636. The molecule has 3 N–H and O–H groups in total. The molecule has 0 saturated carbocycles. The van der Waals surface area contributed by atoms with E-state index in [0.29, 0.717) is 5.69 Å². The fraction of sp³-hybridized carbons (Fsp3) is 0.125. The van der Waals surface area contributed by atoms with Crippen molar-refractivity contribution in [2.45, 2.75) is 6.42 Å². The monoisotopic (exact) mass is 277 g/mol. The molecule has 0 fully saturated rings. The number of nitrogen functional groups attached to an aromatic ring is 1. The third kappa shape index (κ3) is 2.37. The summed E-state index contributed by atoms with van der Waals surface area (Å²) >= 11 is 2.08. The van der Waals surface area contributed by atoms with Crippen LogP contribution in [0.3, 0.4) is 0 Å². The number of carbonyl (C=O) groups is 1. The Morgan fingerprint density at radius 2 is 2.25 bits per heavy atom. The predicted octanol–water partition coefficient (Wildman–Crippen LogP) is 1.50. The van der Waals surface area contributed by atoms with Gasteiger partial charge in [-0.1, -0.05) is 6.07 Å². The van der Waals surface area contributed by atoms with E-state index in [1.807, 2.05) is 0 Å². The van der Waals surface area contributed by atoms with Crippen molar-refractivity contribution in [2.75, 3.05) is 5.73 Å². The van der Waals surface area contributed by atoms with Crippen LogP contribution in [0.1, 0.15) is 5.56 Å². The molecule has 3 nitrogen and oxygen atoms in total. The molecule has 0 heterocycles. The highest BCUT2D eigenvalue weighted by Crippen LogP contribution is 2.16. The van der Waals surface area contributed by atoms with Crippen LogP contribution in [0.25, 0.3) is 0 Å². The second-order valence-corrected chi connectivity index (χ2v) is 3.58. The van der Waals surface area contributed by atoms with Crippen LogP contribution in [0.5, 0.6) is 0 Å². The van der Waals surface area contributed by atoms with E-state index < -0.39 is 5.97 Å². The van der Waals surface area contributed by atoms with Gasteiger partial charge < -0.3 is 10.8 Å². The average molecular weight is 277 g/mol. The summed E-state index contributed by atoms with van der Waals surface area (Å²) in [4.78, 5) is 10.4. The first-order chi connectivity index (χ1) is 5.59. The van der Waals surface area contributed by atoms with Crippen LogP contribution in [0.4, 0.5) is 5.69 Å². The molecule has 0 aliphatic rings. The lowest BCUT2D eigenvalue weighted by molar-refractivity contribution is -0.136. The standard InChI is InChI=1S/C8H8INO2/c9-7-4-6(10)2-1-5(7)3-8(11)12/h1-2,4H,3,10H2,(H,11,12). The highest BCUT2D eigenvalue weighted by molar-refractivity contribution is 14.1. The highest BCUT2D eigenvalue weighted by atomic mass is 127. The minimum absolute atomic E-state index is 0.0541. The lowest BCUT2D eigenvalue weighted by Gasteiger charge is -2.01.